The number of rotatable bonds is 2. The number of cyclic esters (lactones) is 1. The summed E-state index contributed by atoms with van der Waals surface area (Å²) in [5.74, 6) is -1.40. The van der Waals surface area contributed by atoms with E-state index in [-0.39, 0.29) is 12.3 Å². The van der Waals surface area contributed by atoms with Crippen molar-refractivity contribution in [3.8, 4) is 0 Å². The van der Waals surface area contributed by atoms with Crippen LogP contribution in [0, 0.1) is 0 Å². The van der Waals surface area contributed by atoms with Crippen molar-refractivity contribution in [2.75, 3.05) is 20.8 Å². The van der Waals surface area contributed by atoms with Gasteiger partial charge in [-0.3, -0.25) is 4.90 Å². The standard InChI is InChI=1S/C17H28N2O6/c1-16(2,3)24-14(21)12-11(9-18(7)8)13(20)23-10-19(12)15(22)25-17(4,5)6/h9,12H,10H2,1-8H3/b11-9-/t12-/m0/s1. The molecule has 0 aromatic rings. The molecule has 0 aromatic carbocycles. The van der Waals surface area contributed by atoms with Gasteiger partial charge in [-0.1, -0.05) is 0 Å². The molecular weight excluding hydrogens is 328 g/mol. The SMILES string of the molecule is CN(C)/C=C1\C(=O)OCN(C(=O)OC(C)(C)C)[C@@H]1C(=O)OC(C)(C)C. The average molecular weight is 356 g/mol. The lowest BCUT2D eigenvalue weighted by atomic mass is 10.0. The first kappa shape index (κ1) is 20.8. The second-order valence-corrected chi connectivity index (χ2v) is 8.00. The Hall–Kier alpha value is -2.25. The fourth-order valence-electron chi connectivity index (χ4n) is 2.06. The van der Waals surface area contributed by atoms with Gasteiger partial charge in [-0.15, -0.1) is 0 Å². The van der Waals surface area contributed by atoms with E-state index in [1.165, 1.54) is 6.20 Å². The highest BCUT2D eigenvalue weighted by Gasteiger charge is 2.45. The zero-order valence-electron chi connectivity index (χ0n) is 16.2. The molecule has 1 rings (SSSR count). The van der Waals surface area contributed by atoms with Gasteiger partial charge in [0.15, 0.2) is 12.8 Å². The maximum Gasteiger partial charge on any atom is 0.414 e. The molecule has 0 spiro atoms. The van der Waals surface area contributed by atoms with Crippen molar-refractivity contribution < 1.29 is 28.6 Å². The Morgan fingerprint density at radius 1 is 1.12 bits per heavy atom. The number of nitrogens with zero attached hydrogens (tertiary/aromatic N) is 2. The number of hydrogen-bond donors (Lipinski definition) is 0. The fraction of sp³-hybridized carbons (Fsp3) is 0.706. The molecule has 0 bridgehead atoms. The molecule has 8 heteroatoms. The van der Waals surface area contributed by atoms with Crippen LogP contribution in [0.4, 0.5) is 4.79 Å². The quantitative estimate of drug-likeness (QED) is 0.424. The second-order valence-electron chi connectivity index (χ2n) is 8.00. The van der Waals surface area contributed by atoms with Gasteiger partial charge in [0.1, 0.15) is 11.2 Å². The normalized spacial score (nSPS) is 20.2. The number of amides is 1. The average Bonchev–Trinajstić information content (AvgIpc) is 2.35. The molecule has 0 radical (unpaired) electrons. The topological polar surface area (TPSA) is 85.4 Å². The molecule has 1 aliphatic heterocycles. The van der Waals surface area contributed by atoms with Gasteiger partial charge in [0.25, 0.3) is 0 Å². The van der Waals surface area contributed by atoms with E-state index < -0.39 is 35.3 Å². The first-order chi connectivity index (χ1) is 11.2. The van der Waals surface area contributed by atoms with Crippen LogP contribution in [-0.4, -0.2) is 65.9 Å². The van der Waals surface area contributed by atoms with Gasteiger partial charge in [0, 0.05) is 20.3 Å². The van der Waals surface area contributed by atoms with Crippen LogP contribution >= 0.6 is 0 Å². The summed E-state index contributed by atoms with van der Waals surface area (Å²) in [7, 11) is 3.39. The summed E-state index contributed by atoms with van der Waals surface area (Å²) in [5, 5.41) is 0. The molecule has 0 N–H and O–H groups in total. The van der Waals surface area contributed by atoms with Gasteiger partial charge in [0.05, 0.1) is 5.57 Å². The van der Waals surface area contributed by atoms with Crippen LogP contribution in [0.3, 0.4) is 0 Å². The maximum absolute atomic E-state index is 12.7. The van der Waals surface area contributed by atoms with Crippen molar-refractivity contribution >= 4 is 18.0 Å². The van der Waals surface area contributed by atoms with E-state index in [0.717, 1.165) is 4.90 Å². The van der Waals surface area contributed by atoms with Crippen molar-refractivity contribution in [1.82, 2.24) is 9.80 Å². The van der Waals surface area contributed by atoms with E-state index in [2.05, 4.69) is 0 Å². The Morgan fingerprint density at radius 2 is 1.64 bits per heavy atom. The number of carbonyl (C=O) groups excluding carboxylic acids is 3. The van der Waals surface area contributed by atoms with Crippen LogP contribution in [0.2, 0.25) is 0 Å². The molecule has 1 atom stereocenters. The van der Waals surface area contributed by atoms with Gasteiger partial charge in [0.2, 0.25) is 0 Å². The van der Waals surface area contributed by atoms with Crippen molar-refractivity contribution in [1.29, 1.82) is 0 Å². The molecule has 1 heterocycles. The summed E-state index contributed by atoms with van der Waals surface area (Å²) in [6.07, 6.45) is 0.675. The fourth-order valence-corrected chi connectivity index (χ4v) is 2.06. The summed E-state index contributed by atoms with van der Waals surface area (Å²) in [6.45, 7) is 9.86. The highest BCUT2D eigenvalue weighted by Crippen LogP contribution is 2.24. The first-order valence-corrected chi connectivity index (χ1v) is 7.99. The highest BCUT2D eigenvalue weighted by molar-refractivity contribution is 6.00. The molecular formula is C17H28N2O6. The van der Waals surface area contributed by atoms with Crippen LogP contribution in [0.1, 0.15) is 41.5 Å². The molecule has 142 valence electrons. The van der Waals surface area contributed by atoms with Crippen molar-refractivity contribution in [2.24, 2.45) is 0 Å². The summed E-state index contributed by atoms with van der Waals surface area (Å²) in [6, 6.07) is -1.24. The molecule has 1 aliphatic rings. The third-order valence-electron chi connectivity index (χ3n) is 2.83. The zero-order chi connectivity index (χ0) is 19.6. The van der Waals surface area contributed by atoms with E-state index in [4.69, 9.17) is 14.2 Å². The predicted molar refractivity (Wildman–Crippen MR) is 90.4 cm³/mol. The monoisotopic (exact) mass is 356 g/mol. The van der Waals surface area contributed by atoms with Gasteiger partial charge >= 0.3 is 18.0 Å². The van der Waals surface area contributed by atoms with E-state index >= 15 is 0 Å². The lowest BCUT2D eigenvalue weighted by Gasteiger charge is -2.37. The van der Waals surface area contributed by atoms with E-state index in [1.807, 2.05) is 0 Å². The first-order valence-electron chi connectivity index (χ1n) is 7.99. The Morgan fingerprint density at radius 3 is 2.08 bits per heavy atom. The molecule has 1 saturated heterocycles. The summed E-state index contributed by atoms with van der Waals surface area (Å²) in [5.41, 5.74) is -1.53. The Labute approximate surface area is 148 Å². The molecule has 8 nitrogen and oxygen atoms in total. The Kier molecular flexibility index (Phi) is 6.09. The Balaban J connectivity index is 3.27. The zero-order valence-corrected chi connectivity index (χ0v) is 16.2. The van der Waals surface area contributed by atoms with Crippen molar-refractivity contribution in [3.05, 3.63) is 11.8 Å². The van der Waals surface area contributed by atoms with Gasteiger partial charge in [-0.25, -0.2) is 14.4 Å². The van der Waals surface area contributed by atoms with E-state index in [1.54, 1.807) is 60.5 Å². The van der Waals surface area contributed by atoms with Crippen LogP contribution in [-0.2, 0) is 23.8 Å². The second kappa shape index (κ2) is 7.33. The number of hydrogen-bond acceptors (Lipinski definition) is 7. The summed E-state index contributed by atoms with van der Waals surface area (Å²) < 4.78 is 15.7. The molecule has 0 aromatic heterocycles. The number of esters is 2. The third kappa shape index (κ3) is 6.28. The summed E-state index contributed by atoms with van der Waals surface area (Å²) >= 11 is 0. The maximum atomic E-state index is 12.7. The van der Waals surface area contributed by atoms with Crippen molar-refractivity contribution in [2.45, 2.75) is 58.8 Å². The van der Waals surface area contributed by atoms with Crippen molar-refractivity contribution in [3.63, 3.8) is 0 Å². The lowest BCUT2D eigenvalue weighted by Crippen LogP contribution is -2.55. The highest BCUT2D eigenvalue weighted by atomic mass is 16.6. The van der Waals surface area contributed by atoms with E-state index in [0.29, 0.717) is 0 Å². The molecule has 0 aliphatic carbocycles. The molecule has 1 amide bonds. The third-order valence-corrected chi connectivity index (χ3v) is 2.83. The molecule has 0 saturated carbocycles. The molecule has 0 unspecified atom stereocenters. The van der Waals surface area contributed by atoms with E-state index in [9.17, 15) is 14.4 Å². The number of ether oxygens (including phenoxy) is 3. The van der Waals surface area contributed by atoms with Crippen LogP contribution in [0.15, 0.2) is 11.8 Å². The minimum absolute atomic E-state index is 0.0105. The Bertz CT molecular complexity index is 569. The van der Waals surface area contributed by atoms with Crippen LogP contribution in [0.5, 0.6) is 0 Å². The van der Waals surface area contributed by atoms with Gasteiger partial charge < -0.3 is 19.1 Å². The minimum Gasteiger partial charge on any atom is -0.458 e. The minimum atomic E-state index is -1.24. The molecule has 1 fully saturated rings. The summed E-state index contributed by atoms with van der Waals surface area (Å²) in [4.78, 5) is 40.0. The molecule has 25 heavy (non-hydrogen) atoms. The van der Waals surface area contributed by atoms with Gasteiger partial charge in [-0.2, -0.15) is 0 Å². The lowest BCUT2D eigenvalue weighted by molar-refractivity contribution is -0.170. The van der Waals surface area contributed by atoms with Gasteiger partial charge in [-0.05, 0) is 41.5 Å². The predicted octanol–water partition coefficient (Wildman–Crippen LogP) is 1.89. The van der Waals surface area contributed by atoms with Crippen LogP contribution < -0.4 is 0 Å². The smallest absolute Gasteiger partial charge is 0.414 e. The number of carbonyl (C=O) groups is 3. The van der Waals surface area contributed by atoms with Crippen LogP contribution in [0.25, 0.3) is 0 Å². The largest absolute Gasteiger partial charge is 0.458 e.